The number of azo groups is 1. The number of nitrogen functional groups attached to an aromatic ring is 1. The molecule has 0 unspecified atom stereocenters. The molecule has 3 rings (SSSR count). The molecule has 0 aliphatic rings. The zero-order valence-corrected chi connectivity index (χ0v) is 12.3. The lowest BCUT2D eigenvalue weighted by Gasteiger charge is -2.04. The highest BCUT2D eigenvalue weighted by Crippen LogP contribution is 2.23. The van der Waals surface area contributed by atoms with Gasteiger partial charge in [0.2, 0.25) is 0 Å². The van der Waals surface area contributed by atoms with Gasteiger partial charge in [0.15, 0.2) is 5.69 Å². The molecule has 0 aliphatic heterocycles. The quantitative estimate of drug-likeness (QED) is 0.705. The van der Waals surface area contributed by atoms with Crippen LogP contribution in [-0.2, 0) is 0 Å². The number of nitrogens with zero attached hydrogens (tertiary/aromatic N) is 3. The van der Waals surface area contributed by atoms with Crippen molar-refractivity contribution in [2.75, 3.05) is 5.73 Å². The molecule has 1 heterocycles. The zero-order valence-electron chi connectivity index (χ0n) is 12.3. The largest absolute Gasteiger partial charge is 0.545 e. The standard InChI is InChI=1S/C16H13N5O3/c17-14-13(15(22)21(20-14)10-6-2-1-3-7-10)19-18-12-9-5-4-8-11(12)16(23)24/h1-9,20H,17H2,(H,23,24)/p-1. The topological polar surface area (TPSA) is 129 Å². The molecule has 0 atom stereocenters. The number of carboxylic acid groups (broad SMARTS) is 1. The molecular weight excluding hydrogens is 310 g/mol. The molecule has 8 nitrogen and oxygen atoms in total. The van der Waals surface area contributed by atoms with Crippen LogP contribution in [0.3, 0.4) is 0 Å². The first-order valence-electron chi connectivity index (χ1n) is 6.96. The van der Waals surface area contributed by atoms with Gasteiger partial charge < -0.3 is 15.6 Å². The molecule has 0 aliphatic carbocycles. The van der Waals surface area contributed by atoms with Crippen molar-refractivity contribution in [1.82, 2.24) is 9.78 Å². The Hall–Kier alpha value is -3.68. The van der Waals surface area contributed by atoms with Crippen molar-refractivity contribution in [2.24, 2.45) is 10.2 Å². The summed E-state index contributed by atoms with van der Waals surface area (Å²) in [5.74, 6) is -1.35. The maximum absolute atomic E-state index is 12.4. The monoisotopic (exact) mass is 322 g/mol. The second kappa shape index (κ2) is 6.21. The number of carbonyl (C=O) groups is 1. The van der Waals surface area contributed by atoms with Gasteiger partial charge in [0, 0.05) is 5.56 Å². The fourth-order valence-corrected chi connectivity index (χ4v) is 2.14. The van der Waals surface area contributed by atoms with Gasteiger partial charge in [-0.1, -0.05) is 36.4 Å². The first-order chi connectivity index (χ1) is 11.6. The lowest BCUT2D eigenvalue weighted by molar-refractivity contribution is -0.254. The number of aromatic amines is 1. The number of aromatic nitrogens is 2. The van der Waals surface area contributed by atoms with Crippen LogP contribution in [0.1, 0.15) is 10.4 Å². The van der Waals surface area contributed by atoms with Gasteiger partial charge in [-0.05, 0) is 18.2 Å². The number of nitrogens with one attached hydrogen (secondary N) is 1. The van der Waals surface area contributed by atoms with Crippen LogP contribution in [0.4, 0.5) is 17.2 Å². The van der Waals surface area contributed by atoms with E-state index in [9.17, 15) is 14.7 Å². The maximum Gasteiger partial charge on any atom is 0.301 e. The average molecular weight is 322 g/mol. The van der Waals surface area contributed by atoms with Crippen LogP contribution in [-0.4, -0.2) is 15.7 Å². The second-order valence-electron chi connectivity index (χ2n) is 4.85. The Bertz CT molecular complexity index is 973. The predicted octanol–water partition coefficient (Wildman–Crippen LogP) is 1.53. The summed E-state index contributed by atoms with van der Waals surface area (Å²) in [5.41, 5.74) is 5.72. The van der Waals surface area contributed by atoms with E-state index in [-0.39, 0.29) is 22.8 Å². The first-order valence-corrected chi connectivity index (χ1v) is 6.96. The highest BCUT2D eigenvalue weighted by molar-refractivity contribution is 5.91. The molecule has 0 spiro atoms. The number of nitrogens with two attached hydrogens (primary N) is 1. The third-order valence-electron chi connectivity index (χ3n) is 3.29. The van der Waals surface area contributed by atoms with Crippen LogP contribution in [0.15, 0.2) is 69.6 Å². The number of hydrogen-bond donors (Lipinski definition) is 2. The normalized spacial score (nSPS) is 11.0. The Morgan fingerprint density at radius 2 is 1.71 bits per heavy atom. The van der Waals surface area contributed by atoms with E-state index in [4.69, 9.17) is 5.73 Å². The zero-order chi connectivity index (χ0) is 17.1. The number of benzene rings is 2. The molecule has 120 valence electrons. The van der Waals surface area contributed by atoms with Gasteiger partial charge in [-0.2, -0.15) is 0 Å². The van der Waals surface area contributed by atoms with Gasteiger partial charge in [0.25, 0.3) is 0 Å². The van der Waals surface area contributed by atoms with Crippen LogP contribution in [0.25, 0.3) is 5.69 Å². The molecule has 0 amide bonds. The molecule has 2 aromatic carbocycles. The van der Waals surface area contributed by atoms with Gasteiger partial charge in [-0.3, -0.25) is 9.89 Å². The van der Waals surface area contributed by atoms with Gasteiger partial charge in [0.05, 0.1) is 17.3 Å². The molecular formula is C16H12N5O3-. The molecule has 0 saturated heterocycles. The van der Waals surface area contributed by atoms with E-state index in [1.165, 1.54) is 22.9 Å². The van der Waals surface area contributed by atoms with E-state index in [1.54, 1.807) is 30.3 Å². The number of aromatic carboxylic acids is 1. The summed E-state index contributed by atoms with van der Waals surface area (Å²) in [7, 11) is 0. The molecule has 0 saturated carbocycles. The van der Waals surface area contributed by atoms with Crippen LogP contribution >= 0.6 is 0 Å². The highest BCUT2D eigenvalue weighted by atomic mass is 16.4. The van der Waals surface area contributed by atoms with Gasteiger partial charge in [0.1, 0.15) is 5.82 Å². The number of rotatable bonds is 4. The van der Waals surface area contributed by atoms with Crippen molar-refractivity contribution in [3.8, 4) is 5.69 Å². The summed E-state index contributed by atoms with van der Waals surface area (Å²) in [4.78, 5) is 23.4. The molecule has 8 heteroatoms. The number of hydrogen-bond acceptors (Lipinski definition) is 6. The van der Waals surface area contributed by atoms with Crippen LogP contribution in [0.2, 0.25) is 0 Å². The van der Waals surface area contributed by atoms with Crippen molar-refractivity contribution >= 4 is 23.2 Å². The Labute approximate surface area is 135 Å². The van der Waals surface area contributed by atoms with Crippen LogP contribution in [0.5, 0.6) is 0 Å². The van der Waals surface area contributed by atoms with E-state index < -0.39 is 11.5 Å². The summed E-state index contributed by atoms with van der Waals surface area (Å²) in [5, 5.41) is 21.4. The fourth-order valence-electron chi connectivity index (χ4n) is 2.14. The molecule has 0 fully saturated rings. The lowest BCUT2D eigenvalue weighted by atomic mass is 10.2. The van der Waals surface area contributed by atoms with Crippen molar-refractivity contribution in [1.29, 1.82) is 0 Å². The number of H-pyrrole nitrogens is 1. The SMILES string of the molecule is Nc1[nH]n(-c2ccccc2)c(=O)c1N=Nc1ccccc1C(=O)[O-]. The molecule has 3 aromatic rings. The molecule has 0 radical (unpaired) electrons. The summed E-state index contributed by atoms with van der Waals surface area (Å²) in [6.07, 6.45) is 0. The average Bonchev–Trinajstić information content (AvgIpc) is 2.88. The van der Waals surface area contributed by atoms with Crippen molar-refractivity contribution in [3.05, 3.63) is 70.5 Å². The minimum Gasteiger partial charge on any atom is -0.545 e. The predicted molar refractivity (Wildman–Crippen MR) is 85.8 cm³/mol. The minimum absolute atomic E-state index is 0.0264. The Morgan fingerprint density at radius 1 is 1.04 bits per heavy atom. The van der Waals surface area contributed by atoms with Gasteiger partial charge >= 0.3 is 5.56 Å². The summed E-state index contributed by atoms with van der Waals surface area (Å²) in [6.45, 7) is 0. The van der Waals surface area contributed by atoms with Crippen LogP contribution < -0.4 is 16.4 Å². The van der Waals surface area contributed by atoms with Gasteiger partial charge in [-0.15, -0.1) is 10.2 Å². The summed E-state index contributed by atoms with van der Waals surface area (Å²) >= 11 is 0. The van der Waals surface area contributed by atoms with E-state index in [0.29, 0.717) is 5.69 Å². The molecule has 24 heavy (non-hydrogen) atoms. The lowest BCUT2D eigenvalue weighted by Crippen LogP contribution is -2.22. The van der Waals surface area contributed by atoms with Crippen molar-refractivity contribution < 1.29 is 9.90 Å². The molecule has 3 N–H and O–H groups in total. The number of anilines is 1. The fraction of sp³-hybridized carbons (Fsp3) is 0. The maximum atomic E-state index is 12.4. The minimum atomic E-state index is -1.38. The number of carboxylic acids is 1. The summed E-state index contributed by atoms with van der Waals surface area (Å²) < 4.78 is 1.23. The van der Waals surface area contributed by atoms with Crippen molar-refractivity contribution in [2.45, 2.75) is 0 Å². The number of carbonyl (C=O) groups excluding carboxylic acids is 1. The third kappa shape index (κ3) is 2.80. The van der Waals surface area contributed by atoms with Crippen LogP contribution in [0, 0.1) is 0 Å². The number of para-hydroxylation sites is 1. The van der Waals surface area contributed by atoms with Gasteiger partial charge in [-0.25, -0.2) is 4.68 Å². The molecule has 0 bridgehead atoms. The smallest absolute Gasteiger partial charge is 0.301 e. The van der Waals surface area contributed by atoms with E-state index in [2.05, 4.69) is 15.3 Å². The Kier molecular flexibility index (Phi) is 3.94. The Balaban J connectivity index is 2.02. The van der Waals surface area contributed by atoms with Crippen molar-refractivity contribution in [3.63, 3.8) is 0 Å². The molecule has 1 aromatic heterocycles. The van der Waals surface area contributed by atoms with E-state index in [0.717, 1.165) is 0 Å². The third-order valence-corrected chi connectivity index (χ3v) is 3.29. The summed E-state index contributed by atoms with van der Waals surface area (Å²) in [6, 6.07) is 14.7. The van der Waals surface area contributed by atoms with E-state index >= 15 is 0 Å². The first kappa shape index (κ1) is 15.2. The Morgan fingerprint density at radius 3 is 2.42 bits per heavy atom. The van der Waals surface area contributed by atoms with E-state index in [1.807, 2.05) is 6.07 Å². The second-order valence-corrected chi connectivity index (χ2v) is 4.85. The highest BCUT2D eigenvalue weighted by Gasteiger charge is 2.13.